The molecule has 0 bridgehead atoms. The summed E-state index contributed by atoms with van der Waals surface area (Å²) in [5, 5.41) is 11.5. The second-order valence-corrected chi connectivity index (χ2v) is 12.8. The Labute approximate surface area is 285 Å². The van der Waals surface area contributed by atoms with E-state index in [2.05, 4.69) is 132 Å². The van der Waals surface area contributed by atoms with Crippen molar-refractivity contribution in [2.75, 3.05) is 0 Å². The highest BCUT2D eigenvalue weighted by atomic mass is 16.3. The molecule has 0 aliphatic rings. The van der Waals surface area contributed by atoms with Gasteiger partial charge in [0.1, 0.15) is 11.2 Å². The number of rotatable bonds is 3. The van der Waals surface area contributed by atoms with Crippen molar-refractivity contribution in [1.82, 2.24) is 19.5 Å². The monoisotopic (exact) mass is 638 g/mol. The van der Waals surface area contributed by atoms with Crippen LogP contribution >= 0.6 is 0 Å². The van der Waals surface area contributed by atoms with Crippen LogP contribution in [-0.4, -0.2) is 19.5 Å². The molecule has 0 N–H and O–H groups in total. The van der Waals surface area contributed by atoms with E-state index in [0.29, 0.717) is 17.6 Å². The Morgan fingerprint density at radius 3 is 1.66 bits per heavy atom. The summed E-state index contributed by atoms with van der Waals surface area (Å²) in [6, 6.07) is 54.9. The van der Waals surface area contributed by atoms with Gasteiger partial charge >= 0.3 is 0 Å². The van der Waals surface area contributed by atoms with Crippen molar-refractivity contribution in [1.29, 1.82) is 0 Å². The molecule has 5 heteroatoms. The molecule has 5 nitrogen and oxygen atoms in total. The van der Waals surface area contributed by atoms with Crippen LogP contribution in [0.5, 0.6) is 0 Å². The highest BCUT2D eigenvalue weighted by molar-refractivity contribution is 6.28. The van der Waals surface area contributed by atoms with Gasteiger partial charge in [0, 0.05) is 32.7 Å². The maximum absolute atomic E-state index is 6.46. The van der Waals surface area contributed by atoms with Gasteiger partial charge in [0.25, 0.3) is 0 Å². The molecule has 0 unspecified atom stereocenters. The van der Waals surface area contributed by atoms with Gasteiger partial charge < -0.3 is 4.42 Å². The minimum atomic E-state index is 0.563. The molecule has 0 fully saturated rings. The number of benzene rings is 8. The van der Waals surface area contributed by atoms with E-state index in [9.17, 15) is 0 Å². The predicted octanol–water partition coefficient (Wildman–Crippen LogP) is 11.7. The number of hydrogen-bond acceptors (Lipinski definition) is 4. The third-order valence-corrected chi connectivity index (χ3v) is 10.0. The first kappa shape index (κ1) is 27.1. The minimum absolute atomic E-state index is 0.563. The molecule has 3 heterocycles. The summed E-state index contributed by atoms with van der Waals surface area (Å²) in [6.45, 7) is 0. The van der Waals surface area contributed by atoms with Crippen LogP contribution < -0.4 is 0 Å². The molecule has 0 saturated carbocycles. The van der Waals surface area contributed by atoms with Gasteiger partial charge in [-0.1, -0.05) is 133 Å². The summed E-state index contributed by atoms with van der Waals surface area (Å²) < 4.78 is 8.67. The van der Waals surface area contributed by atoms with Crippen molar-refractivity contribution in [2.24, 2.45) is 0 Å². The Bertz CT molecular complexity index is 3060. The van der Waals surface area contributed by atoms with Crippen LogP contribution in [0.3, 0.4) is 0 Å². The van der Waals surface area contributed by atoms with E-state index in [1.807, 2.05) is 30.3 Å². The zero-order chi connectivity index (χ0) is 32.8. The Balaban J connectivity index is 1.28. The van der Waals surface area contributed by atoms with Crippen molar-refractivity contribution >= 4 is 76.1 Å². The number of nitrogens with zero attached hydrogens (tertiary/aromatic N) is 4. The standard InChI is InChI=1S/C45H26N4O/c1-2-14-29(15-3-1)43-46-44(35-26-39-40(33-19-9-8-18-32(33)35)34-20-10-11-21-38(34)50-39)48-45(47-43)49-36-24-22-27-12-4-6-16-30(27)41(36)42-31-17-7-5-13-28(31)23-25-37(42)49/h1-26H. The highest BCUT2D eigenvalue weighted by Gasteiger charge is 2.22. The summed E-state index contributed by atoms with van der Waals surface area (Å²) >= 11 is 0. The number of para-hydroxylation sites is 1. The van der Waals surface area contributed by atoms with Crippen molar-refractivity contribution < 1.29 is 4.42 Å². The second kappa shape index (κ2) is 10.3. The third-order valence-electron chi connectivity index (χ3n) is 10.0. The molecule has 8 aromatic carbocycles. The zero-order valence-electron chi connectivity index (χ0n) is 26.7. The first-order valence-corrected chi connectivity index (χ1v) is 16.8. The van der Waals surface area contributed by atoms with Crippen LogP contribution in [0.4, 0.5) is 0 Å². The maximum atomic E-state index is 6.46. The van der Waals surface area contributed by atoms with Gasteiger partial charge in [-0.15, -0.1) is 0 Å². The van der Waals surface area contributed by atoms with Gasteiger partial charge in [0.05, 0.1) is 11.0 Å². The van der Waals surface area contributed by atoms with E-state index in [-0.39, 0.29) is 0 Å². The fourth-order valence-corrected chi connectivity index (χ4v) is 7.84. The van der Waals surface area contributed by atoms with E-state index < -0.39 is 0 Å². The normalized spacial score (nSPS) is 12.0. The van der Waals surface area contributed by atoms with Crippen molar-refractivity contribution in [2.45, 2.75) is 0 Å². The molecular weight excluding hydrogens is 613 g/mol. The average Bonchev–Trinajstić information content (AvgIpc) is 3.74. The largest absolute Gasteiger partial charge is 0.456 e. The summed E-state index contributed by atoms with van der Waals surface area (Å²) in [5.41, 5.74) is 5.56. The van der Waals surface area contributed by atoms with Crippen LogP contribution in [0.2, 0.25) is 0 Å². The van der Waals surface area contributed by atoms with Gasteiger partial charge in [-0.2, -0.15) is 9.97 Å². The molecule has 11 rings (SSSR count). The highest BCUT2D eigenvalue weighted by Crippen LogP contribution is 2.42. The quantitative estimate of drug-likeness (QED) is 0.193. The first-order valence-electron chi connectivity index (χ1n) is 16.8. The molecule has 0 saturated heterocycles. The van der Waals surface area contributed by atoms with E-state index in [1.165, 1.54) is 32.3 Å². The van der Waals surface area contributed by atoms with Crippen molar-refractivity contribution in [3.05, 3.63) is 158 Å². The van der Waals surface area contributed by atoms with Crippen LogP contribution in [-0.2, 0) is 0 Å². The van der Waals surface area contributed by atoms with Crippen molar-refractivity contribution in [3.8, 4) is 28.7 Å². The average molecular weight is 639 g/mol. The molecule has 3 aromatic heterocycles. The molecular formula is C45H26N4O. The molecule has 0 atom stereocenters. The Morgan fingerprint density at radius 1 is 0.400 bits per heavy atom. The van der Waals surface area contributed by atoms with Gasteiger partial charge in [-0.25, -0.2) is 4.98 Å². The van der Waals surface area contributed by atoms with E-state index in [0.717, 1.165) is 54.9 Å². The Morgan fingerprint density at radius 2 is 0.960 bits per heavy atom. The molecule has 0 aliphatic heterocycles. The predicted molar refractivity (Wildman–Crippen MR) is 205 cm³/mol. The lowest BCUT2D eigenvalue weighted by atomic mass is 9.98. The number of hydrogen-bond donors (Lipinski definition) is 0. The van der Waals surface area contributed by atoms with Crippen LogP contribution in [0.1, 0.15) is 0 Å². The Hall–Kier alpha value is -6.85. The van der Waals surface area contributed by atoms with Crippen LogP contribution in [0, 0.1) is 0 Å². The van der Waals surface area contributed by atoms with Gasteiger partial charge in [-0.05, 0) is 56.6 Å². The molecule has 50 heavy (non-hydrogen) atoms. The van der Waals surface area contributed by atoms with Gasteiger partial charge in [0.15, 0.2) is 11.6 Å². The van der Waals surface area contributed by atoms with Gasteiger partial charge in [0.2, 0.25) is 5.95 Å². The second-order valence-electron chi connectivity index (χ2n) is 12.8. The third kappa shape index (κ3) is 3.86. The number of fused-ring (bicyclic) bond motifs is 12. The van der Waals surface area contributed by atoms with E-state index in [4.69, 9.17) is 19.4 Å². The van der Waals surface area contributed by atoms with Crippen LogP contribution in [0.25, 0.3) is 105 Å². The number of furan rings is 1. The lowest BCUT2D eigenvalue weighted by Gasteiger charge is -2.13. The fourth-order valence-electron chi connectivity index (χ4n) is 7.84. The van der Waals surface area contributed by atoms with Crippen molar-refractivity contribution in [3.63, 3.8) is 0 Å². The van der Waals surface area contributed by atoms with E-state index in [1.54, 1.807) is 0 Å². The molecule has 0 aliphatic carbocycles. The van der Waals surface area contributed by atoms with E-state index >= 15 is 0 Å². The van der Waals surface area contributed by atoms with Crippen LogP contribution in [0.15, 0.2) is 162 Å². The SMILES string of the molecule is c1ccc(-c2nc(-c3cc4oc5ccccc5c4c4ccccc34)nc(-n3c4ccc5ccccc5c4c4c5ccccc5ccc43)n2)cc1. The molecule has 0 radical (unpaired) electrons. The minimum Gasteiger partial charge on any atom is -0.456 e. The number of aromatic nitrogens is 4. The lowest BCUT2D eigenvalue weighted by molar-refractivity contribution is 0.669. The molecule has 0 amide bonds. The summed E-state index contributed by atoms with van der Waals surface area (Å²) in [6.07, 6.45) is 0. The summed E-state index contributed by atoms with van der Waals surface area (Å²) in [4.78, 5) is 15.7. The summed E-state index contributed by atoms with van der Waals surface area (Å²) in [7, 11) is 0. The molecule has 11 aromatic rings. The first-order chi connectivity index (χ1) is 24.8. The smallest absolute Gasteiger partial charge is 0.238 e. The summed E-state index contributed by atoms with van der Waals surface area (Å²) in [5.74, 6) is 1.76. The fraction of sp³-hybridized carbons (Fsp3) is 0. The molecule has 232 valence electrons. The topological polar surface area (TPSA) is 56.7 Å². The lowest BCUT2D eigenvalue weighted by Crippen LogP contribution is -2.06. The molecule has 0 spiro atoms. The zero-order valence-corrected chi connectivity index (χ0v) is 26.7. The maximum Gasteiger partial charge on any atom is 0.238 e. The Kier molecular flexibility index (Phi) is 5.60. The van der Waals surface area contributed by atoms with Gasteiger partial charge in [-0.3, -0.25) is 4.57 Å².